The Bertz CT molecular complexity index is 734. The Morgan fingerprint density at radius 2 is 1.17 bits per heavy atom. The minimum Gasteiger partial charge on any atom is -0.345 e. The SMILES string of the molecule is Cc1cc(C)c(COP(c2ccccc2)c2ccccc2)c(C)c1. The van der Waals surface area contributed by atoms with Gasteiger partial charge in [-0.05, 0) is 37.5 Å². The molecule has 0 bridgehead atoms. The number of hydrogen-bond acceptors (Lipinski definition) is 1. The first-order valence-corrected chi connectivity index (χ1v) is 9.51. The molecule has 0 aromatic heterocycles. The van der Waals surface area contributed by atoms with Crippen molar-refractivity contribution >= 4 is 18.8 Å². The zero-order chi connectivity index (χ0) is 16.9. The molecule has 3 aromatic carbocycles. The topological polar surface area (TPSA) is 9.23 Å². The molecule has 0 saturated heterocycles. The predicted molar refractivity (Wildman–Crippen MR) is 105 cm³/mol. The molecule has 1 nitrogen and oxygen atoms in total. The van der Waals surface area contributed by atoms with Gasteiger partial charge in [-0.25, -0.2) is 0 Å². The summed E-state index contributed by atoms with van der Waals surface area (Å²) in [6.45, 7) is 7.14. The van der Waals surface area contributed by atoms with Crippen molar-refractivity contribution in [2.75, 3.05) is 0 Å². The fourth-order valence-corrected chi connectivity index (χ4v) is 4.73. The van der Waals surface area contributed by atoms with Crippen LogP contribution in [-0.4, -0.2) is 0 Å². The smallest absolute Gasteiger partial charge is 0.0922 e. The Morgan fingerprint density at radius 1 is 0.708 bits per heavy atom. The van der Waals surface area contributed by atoms with Crippen LogP contribution in [0.4, 0.5) is 0 Å². The van der Waals surface area contributed by atoms with E-state index in [-0.39, 0.29) is 0 Å². The molecule has 0 saturated carbocycles. The van der Waals surface area contributed by atoms with Gasteiger partial charge in [0, 0.05) is 10.6 Å². The molecular formula is C22H23OP. The van der Waals surface area contributed by atoms with E-state index in [9.17, 15) is 0 Å². The summed E-state index contributed by atoms with van der Waals surface area (Å²) in [5.74, 6) is 0. The van der Waals surface area contributed by atoms with Crippen LogP contribution in [0.5, 0.6) is 0 Å². The molecule has 0 aliphatic heterocycles. The van der Waals surface area contributed by atoms with Gasteiger partial charge in [0.15, 0.2) is 0 Å². The Balaban J connectivity index is 1.89. The van der Waals surface area contributed by atoms with Gasteiger partial charge >= 0.3 is 0 Å². The largest absolute Gasteiger partial charge is 0.345 e. The number of aryl methyl sites for hydroxylation is 3. The normalized spacial score (nSPS) is 11.0. The van der Waals surface area contributed by atoms with E-state index >= 15 is 0 Å². The second-order valence-electron chi connectivity index (χ2n) is 6.12. The molecule has 0 spiro atoms. The van der Waals surface area contributed by atoms with Gasteiger partial charge in [0.1, 0.15) is 0 Å². The molecule has 24 heavy (non-hydrogen) atoms. The minimum absolute atomic E-state index is 0.646. The summed E-state index contributed by atoms with van der Waals surface area (Å²) in [4.78, 5) is 0. The maximum absolute atomic E-state index is 6.47. The summed E-state index contributed by atoms with van der Waals surface area (Å²) in [7, 11) is -0.807. The molecule has 122 valence electrons. The van der Waals surface area contributed by atoms with Gasteiger partial charge in [0.25, 0.3) is 0 Å². The van der Waals surface area contributed by atoms with E-state index in [1.54, 1.807) is 0 Å². The van der Waals surface area contributed by atoms with E-state index in [0.29, 0.717) is 6.61 Å². The van der Waals surface area contributed by atoms with E-state index in [1.165, 1.54) is 32.9 Å². The van der Waals surface area contributed by atoms with Crippen LogP contribution in [0.1, 0.15) is 22.3 Å². The highest BCUT2D eigenvalue weighted by molar-refractivity contribution is 7.68. The highest BCUT2D eigenvalue weighted by Gasteiger charge is 2.16. The Hall–Kier alpha value is -1.95. The van der Waals surface area contributed by atoms with Gasteiger partial charge < -0.3 is 4.52 Å². The zero-order valence-corrected chi connectivity index (χ0v) is 15.4. The highest BCUT2D eigenvalue weighted by Crippen LogP contribution is 2.36. The summed E-state index contributed by atoms with van der Waals surface area (Å²) < 4.78 is 6.47. The maximum Gasteiger partial charge on any atom is 0.0922 e. The van der Waals surface area contributed by atoms with Crippen LogP contribution in [0, 0.1) is 20.8 Å². The average Bonchev–Trinajstić information content (AvgIpc) is 2.59. The van der Waals surface area contributed by atoms with Crippen molar-refractivity contribution < 1.29 is 4.52 Å². The van der Waals surface area contributed by atoms with Gasteiger partial charge in [0.2, 0.25) is 0 Å². The third-order valence-electron chi connectivity index (χ3n) is 4.16. The second kappa shape index (κ2) is 7.75. The summed E-state index contributed by atoms with van der Waals surface area (Å²) in [6.07, 6.45) is 0. The van der Waals surface area contributed by atoms with Gasteiger partial charge in [-0.1, -0.05) is 78.4 Å². The van der Waals surface area contributed by atoms with Crippen LogP contribution < -0.4 is 10.6 Å². The third-order valence-corrected chi connectivity index (χ3v) is 6.08. The molecule has 0 fully saturated rings. The minimum atomic E-state index is -0.807. The number of rotatable bonds is 5. The van der Waals surface area contributed by atoms with E-state index in [4.69, 9.17) is 4.52 Å². The first kappa shape index (κ1) is 16.9. The van der Waals surface area contributed by atoms with Crippen molar-refractivity contribution in [2.45, 2.75) is 27.4 Å². The molecule has 0 atom stereocenters. The van der Waals surface area contributed by atoms with Crippen molar-refractivity contribution in [2.24, 2.45) is 0 Å². The first-order chi connectivity index (χ1) is 11.6. The molecule has 0 radical (unpaired) electrons. The van der Waals surface area contributed by atoms with Crippen LogP contribution in [0.15, 0.2) is 72.8 Å². The number of hydrogen-bond donors (Lipinski definition) is 0. The lowest BCUT2D eigenvalue weighted by Gasteiger charge is -2.20. The van der Waals surface area contributed by atoms with E-state index in [0.717, 1.165) is 0 Å². The van der Waals surface area contributed by atoms with Crippen LogP contribution >= 0.6 is 8.15 Å². The quantitative estimate of drug-likeness (QED) is 0.585. The standard InChI is InChI=1S/C22H23OP/c1-17-14-18(2)22(19(3)15-17)16-23-24(20-10-6-4-7-11-20)21-12-8-5-9-13-21/h4-15H,16H2,1-3H3. The Kier molecular flexibility index (Phi) is 5.45. The van der Waals surface area contributed by atoms with Gasteiger partial charge in [-0.3, -0.25) is 0 Å². The van der Waals surface area contributed by atoms with Crippen LogP contribution in [0.3, 0.4) is 0 Å². The lowest BCUT2D eigenvalue weighted by atomic mass is 10.0. The summed E-state index contributed by atoms with van der Waals surface area (Å²) in [5.41, 5.74) is 5.23. The van der Waals surface area contributed by atoms with Gasteiger partial charge in [-0.2, -0.15) is 0 Å². The van der Waals surface area contributed by atoms with Crippen molar-refractivity contribution in [1.29, 1.82) is 0 Å². The van der Waals surface area contributed by atoms with E-state index in [2.05, 4.69) is 93.6 Å². The Morgan fingerprint density at radius 3 is 1.62 bits per heavy atom. The summed E-state index contributed by atoms with van der Waals surface area (Å²) in [6, 6.07) is 25.5. The van der Waals surface area contributed by atoms with Crippen LogP contribution in [-0.2, 0) is 11.1 Å². The van der Waals surface area contributed by atoms with Crippen molar-refractivity contribution in [3.63, 3.8) is 0 Å². The van der Waals surface area contributed by atoms with Gasteiger partial charge in [0.05, 0.1) is 14.8 Å². The third kappa shape index (κ3) is 3.93. The lowest BCUT2D eigenvalue weighted by molar-refractivity contribution is 0.348. The Labute approximate surface area is 146 Å². The molecule has 0 aliphatic carbocycles. The molecule has 0 amide bonds. The monoisotopic (exact) mass is 334 g/mol. The van der Waals surface area contributed by atoms with Crippen molar-refractivity contribution in [3.8, 4) is 0 Å². The maximum atomic E-state index is 6.47. The zero-order valence-electron chi connectivity index (χ0n) is 14.5. The molecule has 0 heterocycles. The molecule has 3 aromatic rings. The predicted octanol–water partition coefficient (Wildman–Crippen LogP) is 5.18. The molecule has 0 N–H and O–H groups in total. The average molecular weight is 334 g/mol. The number of benzene rings is 3. The summed E-state index contributed by atoms with van der Waals surface area (Å²) in [5, 5.41) is 2.50. The summed E-state index contributed by atoms with van der Waals surface area (Å²) >= 11 is 0. The van der Waals surface area contributed by atoms with E-state index < -0.39 is 8.15 Å². The first-order valence-electron chi connectivity index (χ1n) is 8.25. The van der Waals surface area contributed by atoms with Gasteiger partial charge in [-0.15, -0.1) is 0 Å². The van der Waals surface area contributed by atoms with E-state index in [1.807, 2.05) is 0 Å². The van der Waals surface area contributed by atoms with Crippen molar-refractivity contribution in [3.05, 3.63) is 95.1 Å². The second-order valence-corrected chi connectivity index (χ2v) is 8.00. The lowest BCUT2D eigenvalue weighted by Crippen LogP contribution is -2.14. The van der Waals surface area contributed by atoms with Crippen molar-refractivity contribution in [1.82, 2.24) is 0 Å². The van der Waals surface area contributed by atoms with Crippen LogP contribution in [0.2, 0.25) is 0 Å². The molecular weight excluding hydrogens is 311 g/mol. The fraction of sp³-hybridized carbons (Fsp3) is 0.182. The molecule has 2 heteroatoms. The highest BCUT2D eigenvalue weighted by atomic mass is 31.1. The molecule has 3 rings (SSSR count). The molecule has 0 aliphatic rings. The molecule has 0 unspecified atom stereocenters. The fourth-order valence-electron chi connectivity index (χ4n) is 2.99. The van der Waals surface area contributed by atoms with Crippen LogP contribution in [0.25, 0.3) is 0 Å².